The Hall–Kier alpha value is -3.25. The van der Waals surface area contributed by atoms with E-state index >= 15 is 0 Å². The molecule has 2 aromatic carbocycles. The molecular weight excluding hydrogens is 380 g/mol. The van der Waals surface area contributed by atoms with Crippen LogP contribution in [-0.2, 0) is 11.2 Å². The van der Waals surface area contributed by atoms with Gasteiger partial charge in [-0.1, -0.05) is 42.5 Å². The van der Waals surface area contributed by atoms with E-state index in [1.54, 1.807) is 13.2 Å². The van der Waals surface area contributed by atoms with Crippen LogP contribution in [0.2, 0.25) is 0 Å². The highest BCUT2D eigenvalue weighted by Crippen LogP contribution is 2.68. The summed E-state index contributed by atoms with van der Waals surface area (Å²) in [5.41, 5.74) is 6.80. The van der Waals surface area contributed by atoms with Gasteiger partial charge in [-0.05, 0) is 36.1 Å². The fourth-order valence-electron chi connectivity index (χ4n) is 5.18. The van der Waals surface area contributed by atoms with Gasteiger partial charge >= 0.3 is 0 Å². The van der Waals surface area contributed by atoms with Gasteiger partial charge in [0.1, 0.15) is 11.4 Å². The minimum absolute atomic E-state index is 0.0737. The average molecular weight is 404 g/mol. The lowest BCUT2D eigenvalue weighted by Gasteiger charge is -2.40. The summed E-state index contributed by atoms with van der Waals surface area (Å²) in [6.07, 6.45) is 1.26. The Morgan fingerprint density at radius 2 is 1.80 bits per heavy atom. The lowest BCUT2D eigenvalue weighted by Crippen LogP contribution is -2.48. The summed E-state index contributed by atoms with van der Waals surface area (Å²) in [7, 11) is 3.08. The normalized spacial score (nSPS) is 26.6. The first-order valence-corrected chi connectivity index (χ1v) is 9.99. The van der Waals surface area contributed by atoms with Crippen LogP contribution >= 0.6 is 0 Å². The highest BCUT2D eigenvalue weighted by Gasteiger charge is 2.69. The second-order valence-corrected chi connectivity index (χ2v) is 7.87. The zero-order valence-corrected chi connectivity index (χ0v) is 17.0. The van der Waals surface area contributed by atoms with Crippen molar-refractivity contribution in [3.8, 4) is 17.5 Å². The third-order valence-corrected chi connectivity index (χ3v) is 6.46. The van der Waals surface area contributed by atoms with Gasteiger partial charge in [0.2, 0.25) is 11.8 Å². The molecule has 3 unspecified atom stereocenters. The third kappa shape index (κ3) is 2.37. The first-order valence-electron chi connectivity index (χ1n) is 9.99. The molecule has 0 radical (unpaired) electrons. The van der Waals surface area contributed by atoms with Crippen LogP contribution in [0.3, 0.4) is 0 Å². The van der Waals surface area contributed by atoms with Gasteiger partial charge in [0.05, 0.1) is 19.8 Å². The number of ether oxygens (including phenoxy) is 3. The zero-order chi connectivity index (χ0) is 20.9. The number of hydrogen-bond acceptors (Lipinski definition) is 6. The Kier molecular flexibility index (Phi) is 4.15. The maximum atomic E-state index is 12.2. The summed E-state index contributed by atoms with van der Waals surface area (Å²) in [5.74, 6) is 1.14. The van der Waals surface area contributed by atoms with Crippen LogP contribution in [-0.4, -0.2) is 24.3 Å². The molecule has 6 nitrogen and oxygen atoms in total. The molecule has 3 atom stereocenters. The van der Waals surface area contributed by atoms with Crippen molar-refractivity contribution in [2.24, 2.45) is 0 Å². The first kappa shape index (κ1) is 18.8. The van der Waals surface area contributed by atoms with E-state index in [9.17, 15) is 5.11 Å². The van der Waals surface area contributed by atoms with Crippen LogP contribution in [0.25, 0.3) is 0 Å². The molecule has 3 aromatic rings. The predicted octanol–water partition coefficient (Wildman–Crippen LogP) is 3.73. The van der Waals surface area contributed by atoms with E-state index in [2.05, 4.69) is 17.1 Å². The predicted molar refractivity (Wildman–Crippen MR) is 113 cm³/mol. The lowest BCUT2D eigenvalue weighted by atomic mass is 9.72. The maximum absolute atomic E-state index is 12.2. The number of pyridine rings is 1. The van der Waals surface area contributed by atoms with Crippen molar-refractivity contribution in [2.75, 3.05) is 20.0 Å². The topological polar surface area (TPSA) is 86.8 Å². The Labute approximate surface area is 175 Å². The number of hydrogen-bond donors (Lipinski definition) is 2. The van der Waals surface area contributed by atoms with E-state index in [0.717, 1.165) is 17.5 Å². The van der Waals surface area contributed by atoms with Crippen molar-refractivity contribution >= 4 is 5.69 Å². The van der Waals surface area contributed by atoms with E-state index in [1.807, 2.05) is 42.5 Å². The van der Waals surface area contributed by atoms with Gasteiger partial charge in [-0.15, -0.1) is 0 Å². The molecule has 6 heteroatoms. The van der Waals surface area contributed by atoms with E-state index in [0.29, 0.717) is 35.2 Å². The molecule has 1 aromatic heterocycles. The summed E-state index contributed by atoms with van der Waals surface area (Å²) in [5, 5.41) is 12.2. The molecular formula is C24H24N2O4. The number of benzene rings is 2. The highest BCUT2D eigenvalue weighted by molar-refractivity contribution is 5.59. The number of aliphatic hydroxyl groups is 1. The largest absolute Gasteiger partial charge is 0.481 e. The summed E-state index contributed by atoms with van der Waals surface area (Å²) in [4.78, 5) is 4.42. The van der Waals surface area contributed by atoms with Gasteiger partial charge in [0.15, 0.2) is 5.60 Å². The van der Waals surface area contributed by atoms with E-state index < -0.39 is 11.2 Å². The van der Waals surface area contributed by atoms with E-state index in [1.165, 1.54) is 7.11 Å². The van der Waals surface area contributed by atoms with Crippen LogP contribution in [0.4, 0.5) is 5.69 Å². The van der Waals surface area contributed by atoms with Gasteiger partial charge in [-0.25, -0.2) is 0 Å². The molecule has 1 saturated carbocycles. The quantitative estimate of drug-likeness (QED) is 0.645. The summed E-state index contributed by atoms with van der Waals surface area (Å²) in [6.45, 7) is 0. The second-order valence-electron chi connectivity index (χ2n) is 7.87. The Bertz CT molecular complexity index is 1090. The number of rotatable bonds is 4. The Balaban J connectivity index is 1.78. The number of aromatic nitrogens is 1. The van der Waals surface area contributed by atoms with Crippen molar-refractivity contribution in [1.82, 2.24) is 4.98 Å². The van der Waals surface area contributed by atoms with Crippen LogP contribution in [0, 0.1) is 0 Å². The van der Waals surface area contributed by atoms with Crippen molar-refractivity contribution in [3.63, 3.8) is 0 Å². The van der Waals surface area contributed by atoms with Gasteiger partial charge in [-0.3, -0.25) is 0 Å². The third-order valence-electron chi connectivity index (χ3n) is 6.46. The molecule has 0 amide bonds. The molecule has 5 rings (SSSR count). The molecule has 1 aliphatic heterocycles. The fourth-order valence-corrected chi connectivity index (χ4v) is 5.18. The van der Waals surface area contributed by atoms with Gasteiger partial charge in [0, 0.05) is 17.7 Å². The van der Waals surface area contributed by atoms with Crippen LogP contribution in [0.5, 0.6) is 17.5 Å². The maximum Gasteiger partial charge on any atom is 0.226 e. The minimum atomic E-state index is -1.32. The van der Waals surface area contributed by atoms with Crippen molar-refractivity contribution in [3.05, 3.63) is 77.4 Å². The molecule has 1 fully saturated rings. The zero-order valence-electron chi connectivity index (χ0n) is 17.0. The summed E-state index contributed by atoms with van der Waals surface area (Å²) in [6, 6.07) is 19.4. The summed E-state index contributed by atoms with van der Waals surface area (Å²) >= 11 is 0. The Morgan fingerprint density at radius 3 is 2.47 bits per heavy atom. The Morgan fingerprint density at radius 1 is 1.07 bits per heavy atom. The molecule has 0 bridgehead atoms. The number of nitrogens with two attached hydrogens (primary N) is 1. The molecule has 2 heterocycles. The molecule has 30 heavy (non-hydrogen) atoms. The summed E-state index contributed by atoms with van der Waals surface area (Å²) < 4.78 is 17.6. The SMILES string of the molecule is COc1cc2c(c(OC)n1)C1(O)CCC(c3ccccc3)C1(c1ccc(N)cc1)O2. The van der Waals surface area contributed by atoms with Gasteiger partial charge in [0.25, 0.3) is 0 Å². The van der Waals surface area contributed by atoms with Gasteiger partial charge < -0.3 is 25.1 Å². The number of methoxy groups -OCH3 is 2. The van der Waals surface area contributed by atoms with Crippen molar-refractivity contribution in [2.45, 2.75) is 30.0 Å². The highest BCUT2D eigenvalue weighted by atomic mass is 16.5. The molecule has 2 aliphatic rings. The smallest absolute Gasteiger partial charge is 0.226 e. The molecule has 0 saturated heterocycles. The van der Waals surface area contributed by atoms with Crippen LogP contribution < -0.4 is 19.9 Å². The minimum Gasteiger partial charge on any atom is -0.481 e. The van der Waals surface area contributed by atoms with Gasteiger partial charge in [-0.2, -0.15) is 4.98 Å². The van der Waals surface area contributed by atoms with Crippen LogP contribution in [0.1, 0.15) is 35.4 Å². The number of nitrogens with zero attached hydrogens (tertiary/aromatic N) is 1. The van der Waals surface area contributed by atoms with Crippen LogP contribution in [0.15, 0.2) is 60.7 Å². The monoisotopic (exact) mass is 404 g/mol. The van der Waals surface area contributed by atoms with E-state index in [4.69, 9.17) is 19.9 Å². The molecule has 154 valence electrons. The standard InChI is InChI=1S/C24H24N2O4/c1-28-20-14-19-21(22(26-20)29-2)23(27)13-12-18(15-6-4-3-5-7-15)24(23,30-19)16-8-10-17(25)11-9-16/h3-11,14,18,27H,12-13,25H2,1-2H3. The van der Waals surface area contributed by atoms with Crippen molar-refractivity contribution in [1.29, 1.82) is 0 Å². The number of nitrogen functional groups attached to an aromatic ring is 1. The number of anilines is 1. The number of fused-ring (bicyclic) bond motifs is 3. The average Bonchev–Trinajstić information content (AvgIpc) is 3.21. The van der Waals surface area contributed by atoms with Crippen molar-refractivity contribution < 1.29 is 19.3 Å². The molecule has 0 spiro atoms. The first-order chi connectivity index (χ1) is 14.5. The fraction of sp³-hybridized carbons (Fsp3) is 0.292. The van der Waals surface area contributed by atoms with E-state index in [-0.39, 0.29) is 5.92 Å². The molecule has 1 aliphatic carbocycles. The molecule has 3 N–H and O–H groups in total. The second kappa shape index (κ2) is 6.64. The lowest BCUT2D eigenvalue weighted by molar-refractivity contribution is -0.106.